The van der Waals surface area contributed by atoms with Crippen LogP contribution in [0.3, 0.4) is 0 Å². The second-order valence-electron chi connectivity index (χ2n) is 5.45. The van der Waals surface area contributed by atoms with Crippen molar-refractivity contribution in [1.82, 2.24) is 9.38 Å². The van der Waals surface area contributed by atoms with E-state index in [0.717, 1.165) is 23.6 Å². The molecule has 2 heterocycles. The molecule has 0 aliphatic rings. The summed E-state index contributed by atoms with van der Waals surface area (Å²) in [5.41, 5.74) is 5.63. The van der Waals surface area contributed by atoms with Gasteiger partial charge in [-0.25, -0.2) is 4.98 Å². The van der Waals surface area contributed by atoms with Gasteiger partial charge in [-0.3, -0.25) is 0 Å². The second kappa shape index (κ2) is 5.48. The number of hydrogen-bond acceptors (Lipinski definition) is 3. The van der Waals surface area contributed by atoms with Crippen LogP contribution in [0.1, 0.15) is 11.3 Å². The van der Waals surface area contributed by atoms with Crippen molar-refractivity contribution in [3.63, 3.8) is 0 Å². The molecule has 1 N–H and O–H groups in total. The summed E-state index contributed by atoms with van der Waals surface area (Å²) >= 11 is 0. The molecule has 0 amide bonds. The fraction of sp³-hybridized carbons (Fsp3) is 0.235. The number of hydrogen-bond donors (Lipinski definition) is 1. The number of fused-ring (bicyclic) bond motifs is 1. The van der Waals surface area contributed by atoms with Gasteiger partial charge in [-0.15, -0.1) is 0 Å². The molecule has 0 bridgehead atoms. The van der Waals surface area contributed by atoms with Crippen LogP contribution in [0.15, 0.2) is 48.8 Å². The summed E-state index contributed by atoms with van der Waals surface area (Å²) in [6, 6.07) is 12.4. The van der Waals surface area contributed by atoms with E-state index in [9.17, 15) is 0 Å². The molecule has 0 atom stereocenters. The topological polar surface area (TPSA) is 32.6 Å². The highest BCUT2D eigenvalue weighted by Gasteiger charge is 2.04. The molecule has 3 aromatic rings. The summed E-state index contributed by atoms with van der Waals surface area (Å²) in [4.78, 5) is 6.72. The molecule has 21 heavy (non-hydrogen) atoms. The summed E-state index contributed by atoms with van der Waals surface area (Å²) in [5.74, 6) is 0. The van der Waals surface area contributed by atoms with Gasteiger partial charge in [-0.05, 0) is 36.8 Å². The normalized spacial score (nSPS) is 10.8. The Morgan fingerprint density at radius 1 is 1.19 bits per heavy atom. The van der Waals surface area contributed by atoms with Gasteiger partial charge in [0.2, 0.25) is 0 Å². The van der Waals surface area contributed by atoms with Gasteiger partial charge in [0.15, 0.2) is 0 Å². The van der Waals surface area contributed by atoms with Gasteiger partial charge in [0.05, 0.1) is 12.2 Å². The molecule has 0 saturated carbocycles. The molecule has 0 fully saturated rings. The number of pyridine rings is 1. The van der Waals surface area contributed by atoms with Crippen molar-refractivity contribution in [2.45, 2.75) is 13.5 Å². The molecule has 4 nitrogen and oxygen atoms in total. The van der Waals surface area contributed by atoms with Gasteiger partial charge in [-0.1, -0.05) is 12.1 Å². The Labute approximate surface area is 125 Å². The fourth-order valence-corrected chi connectivity index (χ4v) is 2.47. The predicted octanol–water partition coefficient (Wildman–Crippen LogP) is 3.32. The van der Waals surface area contributed by atoms with Gasteiger partial charge in [0, 0.05) is 37.9 Å². The number of nitrogens with zero attached hydrogens (tertiary/aromatic N) is 3. The van der Waals surface area contributed by atoms with Crippen molar-refractivity contribution in [3.05, 3.63) is 60.0 Å². The van der Waals surface area contributed by atoms with Gasteiger partial charge in [-0.2, -0.15) is 0 Å². The summed E-state index contributed by atoms with van der Waals surface area (Å²) in [7, 11) is 4.13. The third-order valence-corrected chi connectivity index (χ3v) is 3.58. The Morgan fingerprint density at radius 3 is 2.81 bits per heavy atom. The van der Waals surface area contributed by atoms with E-state index >= 15 is 0 Å². The molecular weight excluding hydrogens is 260 g/mol. The van der Waals surface area contributed by atoms with E-state index in [1.54, 1.807) is 0 Å². The smallest absolute Gasteiger partial charge is 0.137 e. The van der Waals surface area contributed by atoms with E-state index in [4.69, 9.17) is 0 Å². The Balaban J connectivity index is 1.76. The Morgan fingerprint density at radius 2 is 2.05 bits per heavy atom. The lowest BCUT2D eigenvalue weighted by molar-refractivity contribution is 1.07. The lowest BCUT2D eigenvalue weighted by atomic mass is 10.1. The van der Waals surface area contributed by atoms with Crippen LogP contribution in [0.25, 0.3) is 5.65 Å². The minimum absolute atomic E-state index is 0.720. The lowest BCUT2D eigenvalue weighted by Gasteiger charge is -2.17. The van der Waals surface area contributed by atoms with E-state index in [2.05, 4.69) is 60.6 Å². The van der Waals surface area contributed by atoms with E-state index in [0.29, 0.717) is 0 Å². The fourth-order valence-electron chi connectivity index (χ4n) is 2.47. The van der Waals surface area contributed by atoms with Crippen LogP contribution in [0.5, 0.6) is 0 Å². The largest absolute Gasteiger partial charge is 0.379 e. The number of anilines is 2. The van der Waals surface area contributed by atoms with Crippen molar-refractivity contribution in [1.29, 1.82) is 0 Å². The van der Waals surface area contributed by atoms with E-state index in [-0.39, 0.29) is 0 Å². The Bertz CT molecular complexity index is 725. The zero-order chi connectivity index (χ0) is 14.8. The summed E-state index contributed by atoms with van der Waals surface area (Å²) < 4.78 is 2.04. The van der Waals surface area contributed by atoms with Gasteiger partial charge in [0.1, 0.15) is 5.65 Å². The van der Waals surface area contributed by atoms with Crippen LogP contribution in [0, 0.1) is 6.92 Å². The number of benzene rings is 1. The van der Waals surface area contributed by atoms with E-state index < -0.39 is 0 Å². The summed E-state index contributed by atoms with van der Waals surface area (Å²) in [5, 5.41) is 3.44. The Kier molecular flexibility index (Phi) is 3.52. The molecule has 108 valence electrons. The van der Waals surface area contributed by atoms with Crippen molar-refractivity contribution in [2.24, 2.45) is 0 Å². The van der Waals surface area contributed by atoms with Crippen LogP contribution in [0.4, 0.5) is 11.4 Å². The monoisotopic (exact) mass is 280 g/mol. The Hall–Kier alpha value is -2.49. The third kappa shape index (κ3) is 2.84. The molecule has 4 heteroatoms. The first kappa shape index (κ1) is 13.5. The molecule has 2 aromatic heterocycles. The number of rotatable bonds is 4. The highest BCUT2D eigenvalue weighted by atomic mass is 15.1. The van der Waals surface area contributed by atoms with Gasteiger partial charge < -0.3 is 14.6 Å². The zero-order valence-electron chi connectivity index (χ0n) is 12.7. The van der Waals surface area contributed by atoms with Crippen LogP contribution < -0.4 is 10.2 Å². The minimum atomic E-state index is 0.720. The first-order valence-corrected chi connectivity index (χ1v) is 7.08. The molecule has 0 saturated heterocycles. The molecule has 0 spiro atoms. The number of aryl methyl sites for hydroxylation is 1. The molecule has 0 radical (unpaired) electrons. The average molecular weight is 280 g/mol. The summed E-state index contributed by atoms with van der Waals surface area (Å²) in [6.07, 6.45) is 4.07. The zero-order valence-corrected chi connectivity index (χ0v) is 12.7. The highest BCUT2D eigenvalue weighted by Crippen LogP contribution is 2.22. The lowest BCUT2D eigenvalue weighted by Crippen LogP contribution is -2.11. The molecule has 0 aliphatic heterocycles. The quantitative estimate of drug-likeness (QED) is 0.795. The van der Waals surface area contributed by atoms with Crippen LogP contribution >= 0.6 is 0 Å². The first-order chi connectivity index (χ1) is 10.1. The maximum Gasteiger partial charge on any atom is 0.137 e. The van der Waals surface area contributed by atoms with Gasteiger partial charge >= 0.3 is 0 Å². The van der Waals surface area contributed by atoms with Crippen molar-refractivity contribution < 1.29 is 0 Å². The predicted molar refractivity (Wildman–Crippen MR) is 88.0 cm³/mol. The maximum absolute atomic E-state index is 4.59. The maximum atomic E-state index is 4.59. The van der Waals surface area contributed by atoms with Crippen LogP contribution in [0.2, 0.25) is 0 Å². The number of nitrogens with one attached hydrogen (secondary N) is 1. The highest BCUT2D eigenvalue weighted by molar-refractivity contribution is 5.61. The van der Waals surface area contributed by atoms with Gasteiger partial charge in [0.25, 0.3) is 0 Å². The van der Waals surface area contributed by atoms with Crippen molar-refractivity contribution >= 4 is 17.0 Å². The number of imidazole rings is 1. The van der Waals surface area contributed by atoms with E-state index in [1.807, 2.05) is 28.8 Å². The molecule has 1 aromatic carbocycles. The first-order valence-electron chi connectivity index (χ1n) is 7.08. The van der Waals surface area contributed by atoms with Crippen LogP contribution in [-0.4, -0.2) is 23.5 Å². The molecule has 0 unspecified atom stereocenters. The van der Waals surface area contributed by atoms with E-state index in [1.165, 1.54) is 11.3 Å². The average Bonchev–Trinajstić information content (AvgIpc) is 2.89. The molecular formula is C17H20N4. The molecule has 0 aliphatic carbocycles. The van der Waals surface area contributed by atoms with Crippen molar-refractivity contribution in [2.75, 3.05) is 24.3 Å². The number of aromatic nitrogens is 2. The SMILES string of the molecule is Cc1ccc(NCc2cn3ccccc3n2)cc1N(C)C. The standard InChI is InChI=1S/C17H20N4/c1-13-7-8-14(10-16(13)20(2)3)18-11-15-12-21-9-5-4-6-17(21)19-15/h4-10,12,18H,11H2,1-3H3. The second-order valence-corrected chi connectivity index (χ2v) is 5.45. The van der Waals surface area contributed by atoms with Crippen LogP contribution in [-0.2, 0) is 6.54 Å². The summed E-state index contributed by atoms with van der Waals surface area (Å²) in [6.45, 7) is 2.85. The van der Waals surface area contributed by atoms with Crippen molar-refractivity contribution in [3.8, 4) is 0 Å². The third-order valence-electron chi connectivity index (χ3n) is 3.58. The minimum Gasteiger partial charge on any atom is -0.379 e. The molecule has 3 rings (SSSR count).